The molecule has 2 aliphatic rings. The van der Waals surface area contributed by atoms with E-state index in [4.69, 9.17) is 10.8 Å². The van der Waals surface area contributed by atoms with Crippen LogP contribution in [0.15, 0.2) is 79.0 Å². The number of fused-ring (bicyclic) bond motifs is 1. The van der Waals surface area contributed by atoms with Crippen molar-refractivity contribution < 1.29 is 9.90 Å². The third kappa shape index (κ3) is 4.29. The molecule has 6 rings (SSSR count). The van der Waals surface area contributed by atoms with Crippen LogP contribution in [0.1, 0.15) is 35.2 Å². The number of carbonyl (C=O) groups excluding carboxylic acids is 1. The van der Waals surface area contributed by atoms with Crippen LogP contribution >= 0.6 is 0 Å². The van der Waals surface area contributed by atoms with Gasteiger partial charge in [0.1, 0.15) is 11.4 Å². The van der Waals surface area contributed by atoms with Crippen LogP contribution in [-0.4, -0.2) is 56.2 Å². The summed E-state index contributed by atoms with van der Waals surface area (Å²) >= 11 is 0. The summed E-state index contributed by atoms with van der Waals surface area (Å²) in [7, 11) is 1.61. The van der Waals surface area contributed by atoms with E-state index in [1.165, 1.54) is 4.90 Å². The number of rotatable bonds is 6. The molecule has 1 aliphatic heterocycles. The molecule has 3 heterocycles. The number of para-hydroxylation sites is 1. The lowest BCUT2D eigenvalue weighted by atomic mass is 10.1. The number of hydrogen-bond donors (Lipinski definition) is 3. The van der Waals surface area contributed by atoms with E-state index >= 15 is 0 Å². The van der Waals surface area contributed by atoms with Crippen LogP contribution in [0.4, 0.5) is 17.3 Å². The maximum Gasteiger partial charge on any atom is 0.264 e. The number of carbonyl (C=O) groups is 1. The molecule has 1 aliphatic carbocycles. The Bertz CT molecular complexity index is 1420. The average molecular weight is 510 g/mol. The van der Waals surface area contributed by atoms with E-state index in [0.29, 0.717) is 23.7 Å². The fourth-order valence-electron chi connectivity index (χ4n) is 5.43. The Morgan fingerprint density at radius 2 is 1.79 bits per heavy atom. The average Bonchev–Trinajstić information content (AvgIpc) is 3.52. The lowest BCUT2D eigenvalue weighted by Crippen LogP contribution is -2.60. The predicted octanol–water partition coefficient (Wildman–Crippen LogP) is 3.78. The van der Waals surface area contributed by atoms with Crippen LogP contribution in [0.2, 0.25) is 0 Å². The molecule has 38 heavy (non-hydrogen) atoms. The van der Waals surface area contributed by atoms with E-state index in [9.17, 15) is 9.90 Å². The molecule has 3 atom stereocenters. The molecule has 1 fully saturated rings. The van der Waals surface area contributed by atoms with Crippen molar-refractivity contribution in [2.24, 2.45) is 5.73 Å². The van der Waals surface area contributed by atoms with Gasteiger partial charge in [0.25, 0.3) is 5.91 Å². The largest absolute Gasteiger partial charge is 0.356 e. The van der Waals surface area contributed by atoms with Crippen LogP contribution in [0.25, 0.3) is 11.3 Å². The fraction of sp³-hybridized carbons (Fsp3) is 0.276. The highest BCUT2D eigenvalue weighted by Crippen LogP contribution is 2.40. The van der Waals surface area contributed by atoms with Gasteiger partial charge in [-0.1, -0.05) is 48.5 Å². The van der Waals surface area contributed by atoms with Crippen molar-refractivity contribution in [2.45, 2.75) is 44.2 Å². The first-order valence-electron chi connectivity index (χ1n) is 12.9. The smallest absolute Gasteiger partial charge is 0.264 e. The lowest BCUT2D eigenvalue weighted by Gasteiger charge is -2.43. The summed E-state index contributed by atoms with van der Waals surface area (Å²) < 4.78 is 1.81. The van der Waals surface area contributed by atoms with Crippen LogP contribution in [0.5, 0.6) is 0 Å². The van der Waals surface area contributed by atoms with Gasteiger partial charge >= 0.3 is 0 Å². The maximum atomic E-state index is 13.6. The van der Waals surface area contributed by atoms with Crippen LogP contribution < -0.4 is 16.0 Å². The molecule has 0 radical (unpaired) electrons. The molecule has 0 saturated heterocycles. The van der Waals surface area contributed by atoms with E-state index < -0.39 is 6.35 Å². The van der Waals surface area contributed by atoms with E-state index in [-0.39, 0.29) is 18.0 Å². The maximum absolute atomic E-state index is 13.6. The summed E-state index contributed by atoms with van der Waals surface area (Å²) in [6.45, 7) is 0.433. The van der Waals surface area contributed by atoms with Gasteiger partial charge in [-0.2, -0.15) is 5.10 Å². The van der Waals surface area contributed by atoms with Gasteiger partial charge in [0.2, 0.25) is 6.35 Å². The topological polar surface area (TPSA) is 113 Å². The molecule has 2 aromatic heterocycles. The summed E-state index contributed by atoms with van der Waals surface area (Å²) in [5.74, 6) is 0.761. The normalized spacial score (nSPS) is 21.0. The number of amides is 1. The van der Waals surface area contributed by atoms with Gasteiger partial charge in [-0.3, -0.25) is 14.7 Å². The zero-order valence-corrected chi connectivity index (χ0v) is 21.2. The molecular formula is C29H31N7O2. The Hall–Kier alpha value is -4.21. The highest BCUT2D eigenvalue weighted by molar-refractivity contribution is 6.06. The van der Waals surface area contributed by atoms with Crippen molar-refractivity contribution >= 4 is 23.2 Å². The van der Waals surface area contributed by atoms with Crippen molar-refractivity contribution in [3.63, 3.8) is 0 Å². The number of nitrogens with two attached hydrogens (primary N) is 1. The number of anilines is 3. The first-order chi connectivity index (χ1) is 18.5. The molecule has 4 aromatic rings. The molecular weight excluding hydrogens is 478 g/mol. The standard InChI is InChI=1S/C29H31N7O2/c1-34-28(37)25-26(32-21-8-3-2-4-9-21)35(33-27(25)36(29(34)38)24-12-7-10-22(24)30)18-19-13-15-20(16-14-19)23-11-5-6-17-31-23/h2-6,8-9,11,13-17,22,24,29,32,38H,7,10,12,18,30H2,1H3. The second kappa shape index (κ2) is 9.92. The number of benzene rings is 2. The van der Waals surface area contributed by atoms with E-state index in [1.807, 2.05) is 82.4 Å². The number of aromatic nitrogens is 3. The van der Waals surface area contributed by atoms with Gasteiger partial charge in [-0.05, 0) is 49.1 Å². The minimum absolute atomic E-state index is 0.103. The first kappa shape index (κ1) is 24.1. The quantitative estimate of drug-likeness (QED) is 0.363. The van der Waals surface area contributed by atoms with Gasteiger partial charge in [-0.15, -0.1) is 0 Å². The van der Waals surface area contributed by atoms with E-state index in [1.54, 1.807) is 13.2 Å². The van der Waals surface area contributed by atoms with Gasteiger partial charge in [0.15, 0.2) is 5.82 Å². The van der Waals surface area contributed by atoms with E-state index in [0.717, 1.165) is 41.8 Å². The molecule has 2 aromatic carbocycles. The van der Waals surface area contributed by atoms with Crippen molar-refractivity contribution in [3.05, 3.63) is 90.1 Å². The Kier molecular flexibility index (Phi) is 6.30. The third-order valence-electron chi connectivity index (χ3n) is 7.48. The number of pyridine rings is 1. The van der Waals surface area contributed by atoms with Crippen molar-refractivity contribution in [2.75, 3.05) is 17.3 Å². The molecule has 3 unspecified atom stereocenters. The Morgan fingerprint density at radius 3 is 2.47 bits per heavy atom. The summed E-state index contributed by atoms with van der Waals surface area (Å²) in [6.07, 6.45) is 3.33. The molecule has 9 nitrogen and oxygen atoms in total. The molecule has 0 spiro atoms. The summed E-state index contributed by atoms with van der Waals surface area (Å²) in [5.41, 5.74) is 10.7. The summed E-state index contributed by atoms with van der Waals surface area (Å²) in [4.78, 5) is 21.2. The minimum atomic E-state index is -1.13. The molecule has 9 heteroatoms. The van der Waals surface area contributed by atoms with Gasteiger partial charge < -0.3 is 21.1 Å². The molecule has 194 valence electrons. The number of aliphatic hydroxyl groups is 1. The summed E-state index contributed by atoms with van der Waals surface area (Å²) in [6, 6.07) is 23.5. The van der Waals surface area contributed by atoms with Crippen molar-refractivity contribution in [3.8, 4) is 11.3 Å². The van der Waals surface area contributed by atoms with Crippen molar-refractivity contribution in [1.29, 1.82) is 0 Å². The highest BCUT2D eigenvalue weighted by atomic mass is 16.3. The Balaban J connectivity index is 1.42. The number of nitrogens with zero attached hydrogens (tertiary/aromatic N) is 5. The number of hydrogen-bond acceptors (Lipinski definition) is 7. The predicted molar refractivity (Wildman–Crippen MR) is 147 cm³/mol. The van der Waals surface area contributed by atoms with E-state index in [2.05, 4.69) is 10.3 Å². The van der Waals surface area contributed by atoms with Crippen LogP contribution in [0.3, 0.4) is 0 Å². The molecule has 4 N–H and O–H groups in total. The minimum Gasteiger partial charge on any atom is -0.356 e. The second-order valence-corrected chi connectivity index (χ2v) is 9.94. The van der Waals surface area contributed by atoms with Crippen molar-refractivity contribution in [1.82, 2.24) is 19.7 Å². The summed E-state index contributed by atoms with van der Waals surface area (Å²) in [5, 5.41) is 19.5. The fourth-order valence-corrected chi connectivity index (χ4v) is 5.43. The molecule has 1 saturated carbocycles. The van der Waals surface area contributed by atoms with Crippen LogP contribution in [-0.2, 0) is 6.54 Å². The highest BCUT2D eigenvalue weighted by Gasteiger charge is 2.45. The van der Waals surface area contributed by atoms with Gasteiger partial charge in [0, 0.05) is 36.6 Å². The monoisotopic (exact) mass is 509 g/mol. The number of aliphatic hydroxyl groups excluding tert-OH is 1. The van der Waals surface area contributed by atoms with Crippen LogP contribution in [0, 0.1) is 0 Å². The van der Waals surface area contributed by atoms with Gasteiger partial charge in [-0.25, -0.2) is 4.68 Å². The zero-order chi connectivity index (χ0) is 26.2. The molecule has 0 bridgehead atoms. The number of nitrogens with one attached hydrogen (secondary N) is 1. The first-order valence-corrected chi connectivity index (χ1v) is 12.9. The Labute approximate surface area is 221 Å². The Morgan fingerprint density at radius 1 is 1.03 bits per heavy atom. The van der Waals surface area contributed by atoms with Gasteiger partial charge in [0.05, 0.1) is 12.2 Å². The zero-order valence-electron chi connectivity index (χ0n) is 21.2. The lowest BCUT2D eigenvalue weighted by molar-refractivity contribution is 0.00848. The molecule has 1 amide bonds. The SMILES string of the molecule is CN1C(=O)c2c(nn(Cc3ccc(-c4ccccn4)cc3)c2Nc2ccccc2)N(C2CCCC2N)C1O. The third-order valence-corrected chi connectivity index (χ3v) is 7.48. The second-order valence-electron chi connectivity index (χ2n) is 9.94.